The monoisotopic (exact) mass is 416 g/mol. The number of ether oxygens (including phenoxy) is 1. The molecule has 3 aromatic carbocycles. The Morgan fingerprint density at radius 2 is 1.87 bits per heavy atom. The third-order valence-corrected chi connectivity index (χ3v) is 5.38. The second-order valence-corrected chi connectivity index (χ2v) is 7.27. The first-order valence-corrected chi connectivity index (χ1v) is 9.49. The lowest BCUT2D eigenvalue weighted by atomic mass is 9.96. The summed E-state index contributed by atoms with van der Waals surface area (Å²) in [5, 5.41) is 22.5. The number of benzene rings is 3. The van der Waals surface area contributed by atoms with Gasteiger partial charge in [-0.15, -0.1) is 0 Å². The highest BCUT2D eigenvalue weighted by atomic mass is 16.5. The van der Waals surface area contributed by atoms with E-state index in [0.29, 0.717) is 28.3 Å². The van der Waals surface area contributed by atoms with E-state index in [1.807, 2.05) is 0 Å². The summed E-state index contributed by atoms with van der Waals surface area (Å²) in [5.41, 5.74) is 2.30. The van der Waals surface area contributed by atoms with Gasteiger partial charge in [0.2, 0.25) is 0 Å². The van der Waals surface area contributed by atoms with Crippen molar-refractivity contribution in [2.24, 2.45) is 0 Å². The molecule has 0 saturated heterocycles. The number of amides is 2. The van der Waals surface area contributed by atoms with E-state index in [4.69, 9.17) is 4.74 Å². The second kappa shape index (κ2) is 6.88. The molecule has 0 fully saturated rings. The Kier molecular flexibility index (Phi) is 4.14. The normalized spacial score (nSPS) is 16.9. The van der Waals surface area contributed by atoms with E-state index in [0.717, 1.165) is 0 Å². The minimum absolute atomic E-state index is 0.0373. The van der Waals surface area contributed by atoms with Gasteiger partial charge in [-0.25, -0.2) is 4.79 Å². The quantitative estimate of drug-likeness (QED) is 0.604. The summed E-state index contributed by atoms with van der Waals surface area (Å²) in [5.74, 6) is -1.48. The van der Waals surface area contributed by atoms with Crippen LogP contribution in [0.1, 0.15) is 37.9 Å². The van der Waals surface area contributed by atoms with Gasteiger partial charge in [0.1, 0.15) is 11.5 Å². The molecule has 2 aliphatic rings. The number of anilines is 2. The van der Waals surface area contributed by atoms with E-state index >= 15 is 0 Å². The number of fused-ring (bicyclic) bond motifs is 2. The highest BCUT2D eigenvalue weighted by molar-refractivity contribution is 6.13. The molecule has 3 N–H and O–H groups in total. The maximum Gasteiger partial charge on any atom is 0.335 e. The molecule has 0 saturated carbocycles. The van der Waals surface area contributed by atoms with Crippen LogP contribution in [0.4, 0.5) is 11.4 Å². The molecule has 0 radical (unpaired) electrons. The largest absolute Gasteiger partial charge is 0.507 e. The van der Waals surface area contributed by atoms with Crippen LogP contribution in [0.5, 0.6) is 11.5 Å². The molecule has 1 unspecified atom stereocenters. The third-order valence-electron chi connectivity index (χ3n) is 5.38. The van der Waals surface area contributed by atoms with Crippen molar-refractivity contribution in [2.75, 3.05) is 16.8 Å². The molecule has 5 rings (SSSR count). The van der Waals surface area contributed by atoms with Gasteiger partial charge in [-0.3, -0.25) is 14.5 Å². The van der Waals surface area contributed by atoms with Crippen LogP contribution in [0.15, 0.2) is 60.7 Å². The summed E-state index contributed by atoms with van der Waals surface area (Å²) in [6.07, 6.45) is 0. The van der Waals surface area contributed by atoms with Crippen LogP contribution in [0.2, 0.25) is 0 Å². The van der Waals surface area contributed by atoms with Gasteiger partial charge in [0, 0.05) is 5.69 Å². The van der Waals surface area contributed by atoms with Gasteiger partial charge in [0.05, 0.1) is 22.9 Å². The average Bonchev–Trinajstić information content (AvgIpc) is 3.06. The number of carbonyl (C=O) groups is 3. The molecule has 8 nitrogen and oxygen atoms in total. The molecule has 2 heterocycles. The maximum absolute atomic E-state index is 13.3. The van der Waals surface area contributed by atoms with E-state index in [-0.39, 0.29) is 29.4 Å². The molecule has 2 amide bonds. The number of carbonyl (C=O) groups excluding carboxylic acids is 2. The predicted octanol–water partition coefficient (Wildman–Crippen LogP) is 3.17. The van der Waals surface area contributed by atoms with Gasteiger partial charge in [-0.1, -0.05) is 24.3 Å². The van der Waals surface area contributed by atoms with Crippen molar-refractivity contribution in [3.63, 3.8) is 0 Å². The van der Waals surface area contributed by atoms with Crippen molar-refractivity contribution in [3.05, 3.63) is 82.9 Å². The maximum atomic E-state index is 13.3. The molecule has 0 aromatic heterocycles. The topological polar surface area (TPSA) is 116 Å². The van der Waals surface area contributed by atoms with Crippen LogP contribution >= 0.6 is 0 Å². The Labute approximate surface area is 176 Å². The number of hydrogen-bond donors (Lipinski definition) is 3. The first kappa shape index (κ1) is 18.7. The number of nitrogens with zero attached hydrogens (tertiary/aromatic N) is 1. The number of aromatic carboxylic acids is 1. The fraction of sp³-hybridized carbons (Fsp3) is 0.0870. The lowest BCUT2D eigenvalue weighted by Gasteiger charge is -2.27. The van der Waals surface area contributed by atoms with Crippen molar-refractivity contribution >= 4 is 29.2 Å². The Morgan fingerprint density at radius 3 is 2.68 bits per heavy atom. The number of nitrogens with one attached hydrogen (secondary N) is 1. The van der Waals surface area contributed by atoms with Crippen molar-refractivity contribution in [3.8, 4) is 11.5 Å². The fourth-order valence-electron chi connectivity index (χ4n) is 4.05. The Hall–Kier alpha value is -4.33. The van der Waals surface area contributed by atoms with Gasteiger partial charge >= 0.3 is 5.97 Å². The highest BCUT2D eigenvalue weighted by Crippen LogP contribution is 2.45. The van der Waals surface area contributed by atoms with E-state index < -0.39 is 17.9 Å². The van der Waals surface area contributed by atoms with Crippen LogP contribution in [-0.2, 0) is 4.79 Å². The summed E-state index contributed by atoms with van der Waals surface area (Å²) < 4.78 is 5.42. The molecule has 31 heavy (non-hydrogen) atoms. The van der Waals surface area contributed by atoms with Gasteiger partial charge < -0.3 is 20.3 Å². The lowest BCUT2D eigenvalue weighted by Crippen LogP contribution is -2.29. The van der Waals surface area contributed by atoms with Crippen molar-refractivity contribution in [2.45, 2.75) is 6.04 Å². The first-order chi connectivity index (χ1) is 14.9. The van der Waals surface area contributed by atoms with Crippen molar-refractivity contribution < 1.29 is 29.3 Å². The summed E-state index contributed by atoms with van der Waals surface area (Å²) >= 11 is 0. The highest BCUT2D eigenvalue weighted by Gasteiger charge is 2.41. The predicted molar refractivity (Wildman–Crippen MR) is 111 cm³/mol. The Bertz CT molecular complexity index is 1270. The fourth-order valence-corrected chi connectivity index (χ4v) is 4.05. The molecule has 154 valence electrons. The van der Waals surface area contributed by atoms with Gasteiger partial charge in [-0.05, 0) is 47.5 Å². The Balaban J connectivity index is 1.69. The van der Waals surface area contributed by atoms with E-state index in [1.165, 1.54) is 23.1 Å². The number of phenolic OH excluding ortho intramolecular Hbond substituents is 1. The summed E-state index contributed by atoms with van der Waals surface area (Å²) in [7, 11) is 0. The summed E-state index contributed by atoms with van der Waals surface area (Å²) in [4.78, 5) is 38.0. The molecule has 0 aliphatic carbocycles. The molecule has 2 aliphatic heterocycles. The molecular weight excluding hydrogens is 400 g/mol. The summed E-state index contributed by atoms with van der Waals surface area (Å²) in [6, 6.07) is 15.5. The lowest BCUT2D eigenvalue weighted by molar-refractivity contribution is -0.118. The zero-order valence-electron chi connectivity index (χ0n) is 16.0. The van der Waals surface area contributed by atoms with Gasteiger partial charge in [-0.2, -0.15) is 0 Å². The van der Waals surface area contributed by atoms with Crippen LogP contribution in [0, 0.1) is 0 Å². The molecule has 1 atom stereocenters. The minimum Gasteiger partial charge on any atom is -0.507 e. The zero-order chi connectivity index (χ0) is 21.7. The number of carboxylic acid groups (broad SMARTS) is 1. The standard InChI is InChI=1S/C23H16N2O6/c26-17-6-2-5-15-20(17)22(28)25(14-4-1-3-13(9-14)23(29)30)21(15)12-7-8-18-16(10-12)24-19(27)11-31-18/h1-10,21,26H,11H2,(H,24,27)(H,29,30). The second-order valence-electron chi connectivity index (χ2n) is 7.27. The molecule has 0 spiro atoms. The van der Waals surface area contributed by atoms with Crippen LogP contribution in [0.25, 0.3) is 0 Å². The number of hydrogen-bond acceptors (Lipinski definition) is 5. The summed E-state index contributed by atoms with van der Waals surface area (Å²) in [6.45, 7) is -0.0704. The van der Waals surface area contributed by atoms with E-state index in [2.05, 4.69) is 5.32 Å². The number of carboxylic acids is 1. The molecular formula is C23H16N2O6. The average molecular weight is 416 g/mol. The third kappa shape index (κ3) is 2.96. The van der Waals surface area contributed by atoms with Crippen LogP contribution < -0.4 is 15.0 Å². The first-order valence-electron chi connectivity index (χ1n) is 9.49. The van der Waals surface area contributed by atoms with Gasteiger partial charge in [0.15, 0.2) is 6.61 Å². The van der Waals surface area contributed by atoms with Crippen LogP contribution in [-0.4, -0.2) is 34.6 Å². The number of rotatable bonds is 3. The van der Waals surface area contributed by atoms with Crippen molar-refractivity contribution in [1.82, 2.24) is 0 Å². The molecule has 8 heteroatoms. The van der Waals surface area contributed by atoms with Gasteiger partial charge in [0.25, 0.3) is 11.8 Å². The minimum atomic E-state index is -1.11. The van der Waals surface area contributed by atoms with Crippen LogP contribution in [0.3, 0.4) is 0 Å². The van der Waals surface area contributed by atoms with Crippen molar-refractivity contribution in [1.29, 1.82) is 0 Å². The molecule has 3 aromatic rings. The molecule has 0 bridgehead atoms. The Morgan fingerprint density at radius 1 is 1.06 bits per heavy atom. The number of aromatic hydroxyl groups is 1. The van der Waals surface area contributed by atoms with E-state index in [9.17, 15) is 24.6 Å². The zero-order valence-corrected chi connectivity index (χ0v) is 16.0. The SMILES string of the molecule is O=C1COc2ccc(C3c4cccc(O)c4C(=O)N3c3cccc(C(=O)O)c3)cc2N1. The smallest absolute Gasteiger partial charge is 0.335 e. The van der Waals surface area contributed by atoms with E-state index in [1.54, 1.807) is 42.5 Å². The number of phenols is 1.